The van der Waals surface area contributed by atoms with Crippen molar-refractivity contribution in [1.82, 2.24) is 14.8 Å². The number of benzene rings is 2. The molecule has 0 amide bonds. The van der Waals surface area contributed by atoms with Gasteiger partial charge in [0.05, 0.1) is 48.9 Å². The van der Waals surface area contributed by atoms with Gasteiger partial charge < -0.3 is 19.8 Å². The standard InChI is InChI=1S/C25H27BrN4O2/c1-14-23(26)15(2)30(29-14)13-17-11-16(5-8-22(17)32-4)24-25-19(9-10-27-24)20-12-18(31-3)6-7-21(20)28-25/h5-8,11-12,24,27-28H,9-10,13H2,1-4H3/p+1/t24-/m0/s1. The normalized spacial score (nSPS) is 15.7. The highest BCUT2D eigenvalue weighted by molar-refractivity contribution is 9.10. The molecule has 2 aromatic carbocycles. The van der Waals surface area contributed by atoms with Gasteiger partial charge in [-0.05, 0) is 71.7 Å². The molecule has 0 saturated carbocycles. The first kappa shape index (κ1) is 21.1. The summed E-state index contributed by atoms with van der Waals surface area (Å²) in [6.07, 6.45) is 1.04. The van der Waals surface area contributed by atoms with Crippen molar-refractivity contribution in [2.24, 2.45) is 0 Å². The number of fused-ring (bicyclic) bond motifs is 3. The number of hydrogen-bond donors (Lipinski definition) is 2. The van der Waals surface area contributed by atoms with E-state index in [0.717, 1.165) is 51.4 Å². The number of methoxy groups -OCH3 is 2. The summed E-state index contributed by atoms with van der Waals surface area (Å²) in [5.41, 5.74) is 8.35. The Morgan fingerprint density at radius 2 is 2.00 bits per heavy atom. The van der Waals surface area contributed by atoms with Gasteiger partial charge in [0, 0.05) is 28.5 Å². The third-order valence-corrected chi connectivity index (χ3v) is 7.68. The van der Waals surface area contributed by atoms with Crippen molar-refractivity contribution >= 4 is 26.8 Å². The molecule has 0 unspecified atom stereocenters. The lowest BCUT2D eigenvalue weighted by molar-refractivity contribution is -0.690. The van der Waals surface area contributed by atoms with Crippen molar-refractivity contribution in [2.75, 3.05) is 20.8 Å². The monoisotopic (exact) mass is 495 g/mol. The van der Waals surface area contributed by atoms with Crippen LogP contribution in [-0.4, -0.2) is 35.5 Å². The van der Waals surface area contributed by atoms with Crippen LogP contribution in [0.3, 0.4) is 0 Å². The van der Waals surface area contributed by atoms with Crippen LogP contribution in [0.4, 0.5) is 0 Å². The molecule has 0 radical (unpaired) electrons. The van der Waals surface area contributed by atoms with E-state index in [0.29, 0.717) is 6.54 Å². The number of rotatable bonds is 5. The summed E-state index contributed by atoms with van der Waals surface area (Å²) < 4.78 is 14.3. The van der Waals surface area contributed by atoms with Gasteiger partial charge in [0.1, 0.15) is 11.5 Å². The predicted molar refractivity (Wildman–Crippen MR) is 129 cm³/mol. The number of nitrogens with one attached hydrogen (secondary N) is 1. The number of quaternary nitrogens is 1. The zero-order valence-corrected chi connectivity index (χ0v) is 20.4. The van der Waals surface area contributed by atoms with Crippen molar-refractivity contribution in [3.05, 3.63) is 74.6 Å². The molecule has 0 spiro atoms. The molecule has 0 bridgehead atoms. The molecular formula is C25H28BrN4O2+. The van der Waals surface area contributed by atoms with Crippen LogP contribution in [0.25, 0.3) is 10.9 Å². The average Bonchev–Trinajstić information content (AvgIpc) is 3.30. The maximum absolute atomic E-state index is 5.70. The molecule has 6 nitrogen and oxygen atoms in total. The quantitative estimate of drug-likeness (QED) is 0.439. The van der Waals surface area contributed by atoms with Crippen molar-refractivity contribution in [2.45, 2.75) is 32.9 Å². The molecule has 3 N–H and O–H groups in total. The lowest BCUT2D eigenvalue weighted by atomic mass is 9.93. The van der Waals surface area contributed by atoms with Crippen LogP contribution >= 0.6 is 15.9 Å². The Labute approximate surface area is 196 Å². The Balaban J connectivity index is 1.56. The van der Waals surface area contributed by atoms with Crippen LogP contribution in [0.15, 0.2) is 40.9 Å². The van der Waals surface area contributed by atoms with E-state index < -0.39 is 0 Å². The summed E-state index contributed by atoms with van der Waals surface area (Å²) >= 11 is 3.64. The van der Waals surface area contributed by atoms with Crippen LogP contribution in [0.2, 0.25) is 0 Å². The van der Waals surface area contributed by atoms with E-state index in [2.05, 4.69) is 63.5 Å². The van der Waals surface area contributed by atoms with Crippen molar-refractivity contribution in [1.29, 1.82) is 0 Å². The Morgan fingerprint density at radius 3 is 2.72 bits per heavy atom. The maximum atomic E-state index is 5.70. The van der Waals surface area contributed by atoms with Crippen molar-refractivity contribution < 1.29 is 14.8 Å². The van der Waals surface area contributed by atoms with E-state index in [4.69, 9.17) is 14.6 Å². The second-order valence-electron chi connectivity index (χ2n) is 8.39. The lowest BCUT2D eigenvalue weighted by Gasteiger charge is -2.22. The van der Waals surface area contributed by atoms with E-state index in [1.54, 1.807) is 14.2 Å². The zero-order chi connectivity index (χ0) is 22.4. The molecule has 4 aromatic rings. The minimum Gasteiger partial charge on any atom is -0.497 e. The molecule has 0 fully saturated rings. The van der Waals surface area contributed by atoms with Crippen LogP contribution in [-0.2, 0) is 13.0 Å². The highest BCUT2D eigenvalue weighted by atomic mass is 79.9. The second-order valence-corrected chi connectivity index (χ2v) is 9.19. The molecule has 5 rings (SSSR count). The molecule has 2 aromatic heterocycles. The van der Waals surface area contributed by atoms with Gasteiger partial charge in [-0.3, -0.25) is 4.68 Å². The largest absolute Gasteiger partial charge is 0.497 e. The number of ether oxygens (including phenoxy) is 2. The third-order valence-electron chi connectivity index (χ3n) is 6.53. The van der Waals surface area contributed by atoms with Crippen LogP contribution in [0, 0.1) is 13.8 Å². The number of aryl methyl sites for hydroxylation is 1. The molecule has 3 heterocycles. The highest BCUT2D eigenvalue weighted by Crippen LogP contribution is 2.34. The van der Waals surface area contributed by atoms with E-state index in [1.165, 1.54) is 22.2 Å². The van der Waals surface area contributed by atoms with Gasteiger partial charge in [0.25, 0.3) is 0 Å². The number of halogens is 1. The molecule has 1 aliphatic rings. The summed E-state index contributed by atoms with van der Waals surface area (Å²) in [6, 6.07) is 13.0. The molecule has 0 aliphatic carbocycles. The van der Waals surface area contributed by atoms with Gasteiger partial charge in [-0.2, -0.15) is 5.10 Å². The lowest BCUT2D eigenvalue weighted by Crippen LogP contribution is -2.87. The Kier molecular flexibility index (Phi) is 5.47. The molecule has 7 heteroatoms. The fourth-order valence-electron chi connectivity index (χ4n) is 4.83. The number of aromatic amines is 1. The summed E-state index contributed by atoms with van der Waals surface area (Å²) in [7, 11) is 3.45. The van der Waals surface area contributed by atoms with Crippen molar-refractivity contribution in [3.8, 4) is 11.5 Å². The minimum atomic E-state index is 0.217. The first-order chi connectivity index (χ1) is 15.5. The summed E-state index contributed by atoms with van der Waals surface area (Å²) in [4.78, 5) is 3.69. The van der Waals surface area contributed by atoms with Crippen LogP contribution in [0.5, 0.6) is 11.5 Å². The summed E-state index contributed by atoms with van der Waals surface area (Å²) in [6.45, 7) is 5.82. The number of nitrogens with zero attached hydrogens (tertiary/aromatic N) is 2. The van der Waals surface area contributed by atoms with E-state index >= 15 is 0 Å². The van der Waals surface area contributed by atoms with Gasteiger partial charge in [-0.25, -0.2) is 0 Å². The topological polar surface area (TPSA) is 68.7 Å². The zero-order valence-electron chi connectivity index (χ0n) is 18.8. The SMILES string of the molecule is COc1ccc2[nH]c3c(c2c1)CC[NH2+][C@H]3c1ccc(OC)c(Cn2nc(C)c(Br)c2C)c1. The fraction of sp³-hybridized carbons (Fsp3) is 0.320. The smallest absolute Gasteiger partial charge is 0.153 e. The van der Waals surface area contributed by atoms with Crippen LogP contribution < -0.4 is 14.8 Å². The number of H-pyrrole nitrogens is 1. The predicted octanol–water partition coefficient (Wildman–Crippen LogP) is 4.02. The maximum Gasteiger partial charge on any atom is 0.153 e. The van der Waals surface area contributed by atoms with E-state index in [9.17, 15) is 0 Å². The Hall–Kier alpha value is -2.77. The molecule has 32 heavy (non-hydrogen) atoms. The first-order valence-corrected chi connectivity index (χ1v) is 11.7. The van der Waals surface area contributed by atoms with Gasteiger partial charge in [-0.15, -0.1) is 0 Å². The molecular weight excluding hydrogens is 468 g/mol. The number of hydrogen-bond acceptors (Lipinski definition) is 3. The van der Waals surface area contributed by atoms with Crippen molar-refractivity contribution in [3.63, 3.8) is 0 Å². The van der Waals surface area contributed by atoms with E-state index in [1.807, 2.05) is 17.7 Å². The van der Waals surface area contributed by atoms with Gasteiger partial charge in [0.2, 0.25) is 0 Å². The van der Waals surface area contributed by atoms with E-state index in [-0.39, 0.29) is 6.04 Å². The molecule has 1 aliphatic heterocycles. The number of nitrogens with two attached hydrogens (primary N) is 1. The summed E-state index contributed by atoms with van der Waals surface area (Å²) in [5.74, 6) is 1.78. The second kappa shape index (κ2) is 8.30. The third kappa shape index (κ3) is 3.49. The fourth-order valence-corrected chi connectivity index (χ4v) is 5.11. The highest BCUT2D eigenvalue weighted by Gasteiger charge is 2.29. The molecule has 0 saturated heterocycles. The average molecular weight is 496 g/mol. The molecule has 1 atom stereocenters. The summed E-state index contributed by atoms with van der Waals surface area (Å²) in [5, 5.41) is 8.37. The first-order valence-electron chi connectivity index (χ1n) is 10.9. The van der Waals surface area contributed by atoms with Crippen LogP contribution in [0.1, 0.15) is 39.8 Å². The molecule has 166 valence electrons. The van der Waals surface area contributed by atoms with Gasteiger partial charge >= 0.3 is 0 Å². The Morgan fingerprint density at radius 1 is 1.16 bits per heavy atom. The van der Waals surface area contributed by atoms with Gasteiger partial charge in [0.15, 0.2) is 6.04 Å². The minimum absolute atomic E-state index is 0.217. The Bertz CT molecular complexity index is 1310. The van der Waals surface area contributed by atoms with Gasteiger partial charge in [-0.1, -0.05) is 0 Å². The number of aromatic nitrogens is 3.